The summed E-state index contributed by atoms with van der Waals surface area (Å²) in [5.74, 6) is 1.74. The maximum atomic E-state index is 7.11. The summed E-state index contributed by atoms with van der Waals surface area (Å²) in [6, 6.07) is 28.5. The number of rotatable bonds is 10. The van der Waals surface area contributed by atoms with Crippen molar-refractivity contribution in [2.45, 2.75) is 56.8 Å². The van der Waals surface area contributed by atoms with Gasteiger partial charge in [-0.05, 0) is 53.0 Å². The predicted molar refractivity (Wildman–Crippen MR) is 182 cm³/mol. The van der Waals surface area contributed by atoms with E-state index in [4.69, 9.17) is 24.4 Å². The van der Waals surface area contributed by atoms with Gasteiger partial charge in [-0.25, -0.2) is 15.0 Å². The molecule has 1 aliphatic heterocycles. The van der Waals surface area contributed by atoms with Gasteiger partial charge in [0.05, 0.1) is 7.11 Å². The smallest absolute Gasteiger partial charge is 0.207 e. The Balaban J connectivity index is 1.41. The van der Waals surface area contributed by atoms with Crippen molar-refractivity contribution in [3.63, 3.8) is 0 Å². The summed E-state index contributed by atoms with van der Waals surface area (Å²) in [6.45, 7) is 11.3. The molecule has 0 saturated heterocycles. The molecule has 2 aromatic heterocycles. The molecule has 0 saturated carbocycles. The van der Waals surface area contributed by atoms with Crippen LogP contribution in [0.4, 0.5) is 5.82 Å². The van der Waals surface area contributed by atoms with Gasteiger partial charge in [-0.3, -0.25) is 4.57 Å². The molecule has 0 spiro atoms. The third-order valence-corrected chi connectivity index (χ3v) is 13.6. The minimum absolute atomic E-state index is 0.0155. The Labute approximate surface area is 271 Å². The third kappa shape index (κ3) is 5.79. The summed E-state index contributed by atoms with van der Waals surface area (Å²) in [7, 11) is -0.561. The van der Waals surface area contributed by atoms with Crippen LogP contribution >= 0.6 is 0 Å². The standard InChI is InChI=1S/C36H41N5O4Si/c1-35(2,3)46(5,6)45-30-21-29(44-34(30)41-24-40-31-32(37)38-23-39-33(31)41)22-43-36(25-13-9-7-10-14-25,26-15-11-8-12-16-26)27-17-19-28(42-4)20-18-27/h7-21,23-24,30,34H,22H2,1-6H3,(H2,37,38,39)/t30-,34-/m1/s1. The first-order valence-electron chi connectivity index (χ1n) is 15.4. The Morgan fingerprint density at radius 2 is 1.46 bits per heavy atom. The van der Waals surface area contributed by atoms with E-state index in [1.807, 2.05) is 59.2 Å². The van der Waals surface area contributed by atoms with Gasteiger partial charge in [-0.15, -0.1) is 0 Å². The first-order chi connectivity index (χ1) is 22.0. The maximum absolute atomic E-state index is 7.11. The number of benzene rings is 3. The number of nitrogens with two attached hydrogens (primary N) is 1. The number of methoxy groups -OCH3 is 1. The molecule has 0 aliphatic carbocycles. The fourth-order valence-corrected chi connectivity index (χ4v) is 6.81. The molecule has 2 N–H and O–H groups in total. The molecule has 0 amide bonds. The lowest BCUT2D eigenvalue weighted by Crippen LogP contribution is -2.45. The van der Waals surface area contributed by atoms with E-state index in [1.54, 1.807) is 13.4 Å². The number of imidazole rings is 1. The summed E-state index contributed by atoms with van der Waals surface area (Å²) < 4.78 is 28.1. The van der Waals surface area contributed by atoms with Crippen LogP contribution in [0.2, 0.25) is 18.1 Å². The molecule has 3 heterocycles. The Bertz CT molecular complexity index is 1780. The number of hydrogen-bond acceptors (Lipinski definition) is 8. The van der Waals surface area contributed by atoms with Crippen LogP contribution in [0.5, 0.6) is 5.75 Å². The average Bonchev–Trinajstić information content (AvgIpc) is 3.66. The summed E-state index contributed by atoms with van der Waals surface area (Å²) in [4.78, 5) is 13.1. The first kappa shape index (κ1) is 31.5. The van der Waals surface area contributed by atoms with Gasteiger partial charge >= 0.3 is 0 Å². The number of nitrogen functional groups attached to an aromatic ring is 1. The van der Waals surface area contributed by atoms with E-state index in [2.05, 4.69) is 85.2 Å². The second kappa shape index (κ2) is 12.4. The van der Waals surface area contributed by atoms with Crippen LogP contribution in [0.1, 0.15) is 43.7 Å². The molecular weight excluding hydrogens is 595 g/mol. The van der Waals surface area contributed by atoms with E-state index in [0.29, 0.717) is 22.7 Å². The van der Waals surface area contributed by atoms with Gasteiger partial charge in [0.25, 0.3) is 0 Å². The molecule has 0 radical (unpaired) electrons. The monoisotopic (exact) mass is 635 g/mol. The maximum Gasteiger partial charge on any atom is 0.207 e. The van der Waals surface area contributed by atoms with Crippen molar-refractivity contribution in [3.8, 4) is 5.75 Å². The van der Waals surface area contributed by atoms with Crippen molar-refractivity contribution in [1.82, 2.24) is 19.5 Å². The van der Waals surface area contributed by atoms with Crippen molar-refractivity contribution in [2.24, 2.45) is 0 Å². The minimum Gasteiger partial charge on any atom is -0.497 e. The fourth-order valence-electron chi connectivity index (χ4n) is 5.59. The number of nitrogens with zero attached hydrogens (tertiary/aromatic N) is 4. The normalized spacial score (nSPS) is 17.1. The number of ether oxygens (including phenoxy) is 3. The number of fused-ring (bicyclic) bond motifs is 1. The van der Waals surface area contributed by atoms with Crippen LogP contribution < -0.4 is 10.5 Å². The van der Waals surface area contributed by atoms with Crippen LogP contribution in [0.3, 0.4) is 0 Å². The van der Waals surface area contributed by atoms with E-state index in [1.165, 1.54) is 6.33 Å². The van der Waals surface area contributed by atoms with Crippen molar-refractivity contribution in [3.05, 3.63) is 126 Å². The van der Waals surface area contributed by atoms with E-state index < -0.39 is 26.3 Å². The van der Waals surface area contributed by atoms with Gasteiger partial charge in [0.1, 0.15) is 48.0 Å². The minimum atomic E-state index is -2.23. The molecule has 3 aromatic carbocycles. The topological polar surface area (TPSA) is 107 Å². The summed E-state index contributed by atoms with van der Waals surface area (Å²) in [6.07, 6.45) is 4.20. The van der Waals surface area contributed by atoms with E-state index in [9.17, 15) is 0 Å². The SMILES string of the molecule is COc1ccc(C(OCC2=C[C@@H](O[Si](C)(C)C(C)(C)C)[C@H](n3cnc4c(N)ncnc43)O2)(c2ccccc2)c2ccccc2)cc1. The molecule has 9 nitrogen and oxygen atoms in total. The average molecular weight is 636 g/mol. The van der Waals surface area contributed by atoms with Gasteiger partial charge in [-0.2, -0.15) is 0 Å². The molecular formula is C36H41N5O4Si. The molecule has 238 valence electrons. The molecule has 6 rings (SSSR count). The van der Waals surface area contributed by atoms with Crippen molar-refractivity contribution >= 4 is 25.3 Å². The number of aromatic nitrogens is 4. The largest absolute Gasteiger partial charge is 0.497 e. The van der Waals surface area contributed by atoms with Crippen molar-refractivity contribution in [2.75, 3.05) is 19.5 Å². The molecule has 2 atom stereocenters. The summed E-state index contributed by atoms with van der Waals surface area (Å²) in [5.41, 5.74) is 9.23. The van der Waals surface area contributed by atoms with Crippen LogP contribution in [0, 0.1) is 0 Å². The van der Waals surface area contributed by atoms with Gasteiger partial charge in [-0.1, -0.05) is 93.6 Å². The molecule has 0 fully saturated rings. The highest BCUT2D eigenvalue weighted by atomic mass is 28.4. The van der Waals surface area contributed by atoms with Gasteiger partial charge in [0.2, 0.25) is 6.23 Å². The number of hydrogen-bond donors (Lipinski definition) is 1. The zero-order valence-electron chi connectivity index (χ0n) is 27.2. The molecule has 0 bridgehead atoms. The summed E-state index contributed by atoms with van der Waals surface area (Å²) in [5, 5.41) is -0.0155. The lowest BCUT2D eigenvalue weighted by Gasteiger charge is -2.39. The molecule has 0 unspecified atom stereocenters. The molecule has 10 heteroatoms. The second-order valence-corrected chi connectivity index (χ2v) is 17.8. The van der Waals surface area contributed by atoms with Crippen LogP contribution in [0.15, 0.2) is 109 Å². The fraction of sp³-hybridized carbons (Fsp3) is 0.306. The van der Waals surface area contributed by atoms with Crippen LogP contribution in [-0.4, -0.2) is 47.7 Å². The highest BCUT2D eigenvalue weighted by Gasteiger charge is 2.45. The highest BCUT2D eigenvalue weighted by molar-refractivity contribution is 6.74. The zero-order chi connectivity index (χ0) is 32.5. The Kier molecular flexibility index (Phi) is 8.45. The quantitative estimate of drug-likeness (QED) is 0.127. The Hall–Kier alpha value is -4.51. The second-order valence-electron chi connectivity index (χ2n) is 13.0. The van der Waals surface area contributed by atoms with Crippen LogP contribution in [-0.2, 0) is 19.5 Å². The van der Waals surface area contributed by atoms with Gasteiger partial charge in [0.15, 0.2) is 19.8 Å². The number of anilines is 1. The van der Waals surface area contributed by atoms with Crippen LogP contribution in [0.25, 0.3) is 11.2 Å². The zero-order valence-corrected chi connectivity index (χ0v) is 28.2. The lowest BCUT2D eigenvalue weighted by atomic mass is 9.80. The Morgan fingerprint density at radius 1 is 0.848 bits per heavy atom. The molecule has 5 aromatic rings. The molecule has 46 heavy (non-hydrogen) atoms. The first-order valence-corrected chi connectivity index (χ1v) is 18.3. The summed E-state index contributed by atoms with van der Waals surface area (Å²) >= 11 is 0. The van der Waals surface area contributed by atoms with Gasteiger partial charge < -0.3 is 24.4 Å². The predicted octanol–water partition coefficient (Wildman–Crippen LogP) is 7.23. The van der Waals surface area contributed by atoms with Gasteiger partial charge in [0, 0.05) is 0 Å². The third-order valence-electron chi connectivity index (χ3n) is 9.09. The Morgan fingerprint density at radius 3 is 2.04 bits per heavy atom. The lowest BCUT2D eigenvalue weighted by molar-refractivity contribution is -0.0313. The van der Waals surface area contributed by atoms with E-state index in [0.717, 1.165) is 22.4 Å². The van der Waals surface area contributed by atoms with Crippen molar-refractivity contribution < 1.29 is 18.6 Å². The highest BCUT2D eigenvalue weighted by Crippen LogP contribution is 2.44. The molecule has 1 aliphatic rings. The van der Waals surface area contributed by atoms with E-state index in [-0.39, 0.29) is 11.6 Å². The van der Waals surface area contributed by atoms with E-state index >= 15 is 0 Å². The van der Waals surface area contributed by atoms with Crippen molar-refractivity contribution in [1.29, 1.82) is 0 Å².